The van der Waals surface area contributed by atoms with Crippen molar-refractivity contribution in [3.63, 3.8) is 0 Å². The van der Waals surface area contributed by atoms with Crippen LogP contribution in [0.5, 0.6) is 0 Å². The van der Waals surface area contributed by atoms with Gasteiger partial charge in [0.1, 0.15) is 13.2 Å². The smallest absolute Gasteiger partial charge is 0.306 e. The van der Waals surface area contributed by atoms with E-state index in [0.717, 1.165) is 96.3 Å². The maximum atomic E-state index is 12.9. The van der Waals surface area contributed by atoms with Gasteiger partial charge in [0.15, 0.2) is 6.10 Å². The molecule has 0 aliphatic heterocycles. The molecule has 0 aromatic heterocycles. The molecule has 0 amide bonds. The lowest BCUT2D eigenvalue weighted by atomic mass is 10.0. The number of hydrogen-bond donors (Lipinski definition) is 0. The van der Waals surface area contributed by atoms with Crippen LogP contribution in [-0.4, -0.2) is 37.2 Å². The molecule has 0 radical (unpaired) electrons. The number of esters is 3. The summed E-state index contributed by atoms with van der Waals surface area (Å²) in [6.07, 6.45) is 83.3. The highest BCUT2D eigenvalue weighted by atomic mass is 16.6. The van der Waals surface area contributed by atoms with Crippen LogP contribution in [0.2, 0.25) is 0 Å². The average Bonchev–Trinajstić information content (AvgIpc) is 3.41. The van der Waals surface area contributed by atoms with Crippen LogP contribution in [0.4, 0.5) is 0 Å². The number of carbonyl (C=O) groups excluding carboxylic acids is 3. The van der Waals surface area contributed by atoms with E-state index in [1.807, 2.05) is 0 Å². The minimum Gasteiger partial charge on any atom is -0.462 e. The first-order valence-corrected chi connectivity index (χ1v) is 32.1. The number of hydrogen-bond acceptors (Lipinski definition) is 6. The predicted octanol–water partition coefficient (Wildman–Crippen LogP) is 21.9. The first kappa shape index (κ1) is 71.6. The van der Waals surface area contributed by atoms with Crippen molar-refractivity contribution in [2.45, 2.75) is 322 Å². The molecule has 0 rings (SSSR count). The summed E-state index contributed by atoms with van der Waals surface area (Å²) in [4.78, 5) is 38.1. The van der Waals surface area contributed by atoms with Gasteiger partial charge in [-0.1, -0.05) is 286 Å². The highest BCUT2D eigenvalue weighted by Crippen LogP contribution is 2.16. The summed E-state index contributed by atoms with van der Waals surface area (Å²) >= 11 is 0. The van der Waals surface area contributed by atoms with E-state index in [1.165, 1.54) is 180 Å². The van der Waals surface area contributed by atoms with Crippen LogP contribution >= 0.6 is 0 Å². The highest BCUT2D eigenvalue weighted by molar-refractivity contribution is 5.71. The molecule has 0 saturated carbocycles. The third-order valence-corrected chi connectivity index (χ3v) is 13.9. The normalized spacial score (nSPS) is 12.6. The standard InChI is InChI=1S/C69H120O6/c1-4-7-10-13-16-18-20-22-24-26-28-30-32-33-34-35-37-38-40-42-44-46-48-50-53-56-59-62-68(71)74-65-66(64-73-67(70)61-58-55-52-15-12-9-6-3)75-69(72)63-60-57-54-51-49-47-45-43-41-39-36-31-29-27-25-23-21-19-17-14-11-8-5-2/h8,11,17,19-20,22-23,25-26,28-29,31-33,66H,4-7,9-10,12-16,18,21,24,27,30,34-65H2,1-3H3/b11-8-,19-17-,22-20-,25-23-,28-26-,31-29-,33-32-. The van der Waals surface area contributed by atoms with Gasteiger partial charge in [0.25, 0.3) is 0 Å². The lowest BCUT2D eigenvalue weighted by Gasteiger charge is -2.18. The first-order valence-electron chi connectivity index (χ1n) is 32.1. The fraction of sp³-hybridized carbons (Fsp3) is 0.754. The molecule has 0 aliphatic carbocycles. The van der Waals surface area contributed by atoms with Crippen LogP contribution in [-0.2, 0) is 28.6 Å². The molecular formula is C69H120O6. The minimum absolute atomic E-state index is 0.0767. The molecule has 0 fully saturated rings. The van der Waals surface area contributed by atoms with Crippen molar-refractivity contribution in [1.29, 1.82) is 0 Å². The monoisotopic (exact) mass is 1040 g/mol. The van der Waals surface area contributed by atoms with Crippen molar-refractivity contribution in [3.05, 3.63) is 85.1 Å². The average molecular weight is 1050 g/mol. The van der Waals surface area contributed by atoms with Crippen LogP contribution in [0.3, 0.4) is 0 Å². The Kier molecular flexibility index (Phi) is 60.3. The van der Waals surface area contributed by atoms with Gasteiger partial charge in [-0.2, -0.15) is 0 Å². The van der Waals surface area contributed by atoms with E-state index in [1.54, 1.807) is 0 Å². The molecule has 1 atom stereocenters. The Morgan fingerprint density at radius 3 is 0.813 bits per heavy atom. The molecule has 432 valence electrons. The zero-order chi connectivity index (χ0) is 54.3. The van der Waals surface area contributed by atoms with Gasteiger partial charge < -0.3 is 14.2 Å². The highest BCUT2D eigenvalue weighted by Gasteiger charge is 2.19. The molecular weight excluding hydrogens is 925 g/mol. The lowest BCUT2D eigenvalue weighted by Crippen LogP contribution is -2.30. The largest absolute Gasteiger partial charge is 0.462 e. The van der Waals surface area contributed by atoms with E-state index in [-0.39, 0.29) is 31.1 Å². The van der Waals surface area contributed by atoms with Gasteiger partial charge in [-0.25, -0.2) is 0 Å². The van der Waals surface area contributed by atoms with Gasteiger partial charge in [-0.05, 0) is 96.3 Å². The molecule has 75 heavy (non-hydrogen) atoms. The summed E-state index contributed by atoms with van der Waals surface area (Å²) in [6.45, 7) is 6.50. The minimum atomic E-state index is -0.777. The van der Waals surface area contributed by atoms with E-state index in [4.69, 9.17) is 14.2 Å². The van der Waals surface area contributed by atoms with Crippen molar-refractivity contribution in [2.24, 2.45) is 0 Å². The zero-order valence-corrected chi connectivity index (χ0v) is 49.6. The second-order valence-electron chi connectivity index (χ2n) is 21.3. The molecule has 6 heteroatoms. The number of unbranched alkanes of at least 4 members (excludes halogenated alkanes) is 33. The van der Waals surface area contributed by atoms with Gasteiger partial charge in [-0.15, -0.1) is 0 Å². The van der Waals surface area contributed by atoms with Crippen LogP contribution in [0.15, 0.2) is 85.1 Å². The van der Waals surface area contributed by atoms with Gasteiger partial charge in [0, 0.05) is 19.3 Å². The Morgan fingerprint density at radius 1 is 0.280 bits per heavy atom. The zero-order valence-electron chi connectivity index (χ0n) is 49.6. The van der Waals surface area contributed by atoms with Crippen molar-refractivity contribution in [1.82, 2.24) is 0 Å². The molecule has 0 aromatic rings. The molecule has 0 saturated heterocycles. The summed E-state index contributed by atoms with van der Waals surface area (Å²) in [5, 5.41) is 0. The number of rotatable bonds is 58. The molecule has 6 nitrogen and oxygen atoms in total. The fourth-order valence-electron chi connectivity index (χ4n) is 9.09. The topological polar surface area (TPSA) is 78.9 Å². The Bertz CT molecular complexity index is 1430. The van der Waals surface area contributed by atoms with Gasteiger partial charge in [0.2, 0.25) is 0 Å². The van der Waals surface area contributed by atoms with E-state index in [0.29, 0.717) is 19.3 Å². The third kappa shape index (κ3) is 61.3. The first-order chi connectivity index (χ1) is 37.0. The van der Waals surface area contributed by atoms with Crippen LogP contribution in [0.25, 0.3) is 0 Å². The van der Waals surface area contributed by atoms with Gasteiger partial charge in [-0.3, -0.25) is 14.4 Å². The van der Waals surface area contributed by atoms with Crippen molar-refractivity contribution >= 4 is 17.9 Å². The molecule has 0 aromatic carbocycles. The molecule has 0 aliphatic rings. The number of allylic oxidation sites excluding steroid dienone is 14. The molecule has 1 unspecified atom stereocenters. The van der Waals surface area contributed by atoms with Gasteiger partial charge >= 0.3 is 17.9 Å². The summed E-state index contributed by atoms with van der Waals surface area (Å²) in [6, 6.07) is 0. The van der Waals surface area contributed by atoms with Crippen LogP contribution in [0, 0.1) is 0 Å². The number of carbonyl (C=O) groups is 3. The summed E-state index contributed by atoms with van der Waals surface area (Å²) in [7, 11) is 0. The fourth-order valence-corrected chi connectivity index (χ4v) is 9.09. The van der Waals surface area contributed by atoms with Gasteiger partial charge in [0.05, 0.1) is 0 Å². The van der Waals surface area contributed by atoms with E-state index >= 15 is 0 Å². The van der Waals surface area contributed by atoms with Crippen molar-refractivity contribution < 1.29 is 28.6 Å². The SMILES string of the molecule is CC/C=C\C/C=C\C/C=C\C/C=C\CCCCCCCCCCCCC(=O)OC(COC(=O)CCCCCCCCC)COC(=O)CCCCCCCCCCCCCC/C=C\C/C=C\C/C=C\CCCCCCC. The summed E-state index contributed by atoms with van der Waals surface area (Å²) in [5.74, 6) is -0.879. The Hall–Kier alpha value is -3.41. The molecule has 0 heterocycles. The predicted molar refractivity (Wildman–Crippen MR) is 325 cm³/mol. The van der Waals surface area contributed by atoms with Crippen molar-refractivity contribution in [3.8, 4) is 0 Å². The van der Waals surface area contributed by atoms with Crippen molar-refractivity contribution in [2.75, 3.05) is 13.2 Å². The second-order valence-corrected chi connectivity index (χ2v) is 21.3. The Morgan fingerprint density at radius 2 is 0.520 bits per heavy atom. The van der Waals surface area contributed by atoms with Crippen LogP contribution in [0.1, 0.15) is 316 Å². The van der Waals surface area contributed by atoms with Crippen LogP contribution < -0.4 is 0 Å². The Labute approximate surface area is 465 Å². The molecule has 0 spiro atoms. The summed E-state index contributed by atoms with van der Waals surface area (Å²) in [5.41, 5.74) is 0. The van der Waals surface area contributed by atoms with E-state index in [9.17, 15) is 14.4 Å². The molecule has 0 N–H and O–H groups in total. The van der Waals surface area contributed by atoms with E-state index in [2.05, 4.69) is 106 Å². The lowest BCUT2D eigenvalue weighted by molar-refractivity contribution is -0.167. The maximum Gasteiger partial charge on any atom is 0.306 e. The summed E-state index contributed by atoms with van der Waals surface area (Å²) < 4.78 is 16.8. The number of ether oxygens (including phenoxy) is 3. The Balaban J connectivity index is 4.13. The third-order valence-electron chi connectivity index (χ3n) is 13.9. The van der Waals surface area contributed by atoms with E-state index < -0.39 is 6.10 Å². The quantitative estimate of drug-likeness (QED) is 0.0261. The molecule has 0 bridgehead atoms. The second kappa shape index (κ2) is 63.1. The maximum absolute atomic E-state index is 12.9.